The zero-order valence-electron chi connectivity index (χ0n) is 23.1. The Bertz CT molecular complexity index is 1300. The van der Waals surface area contributed by atoms with Crippen molar-refractivity contribution < 1.29 is 27.2 Å². The molecule has 0 bridgehead atoms. The van der Waals surface area contributed by atoms with Gasteiger partial charge in [-0.2, -0.15) is 13.2 Å². The molecule has 214 valence electrons. The van der Waals surface area contributed by atoms with Gasteiger partial charge in [-0.15, -0.1) is 0 Å². The number of aromatic nitrogens is 2. The quantitative estimate of drug-likeness (QED) is 0.398. The fraction of sp³-hybridized carbons (Fsp3) is 0.667. The highest BCUT2D eigenvalue weighted by atomic mass is 35.5. The van der Waals surface area contributed by atoms with E-state index in [1.807, 2.05) is 4.90 Å². The first kappa shape index (κ1) is 28.4. The molecule has 2 atom stereocenters. The van der Waals surface area contributed by atoms with Crippen LogP contribution in [0.3, 0.4) is 0 Å². The molecule has 3 aliphatic rings. The van der Waals surface area contributed by atoms with Gasteiger partial charge < -0.3 is 14.2 Å². The molecule has 3 fully saturated rings. The van der Waals surface area contributed by atoms with E-state index in [-0.39, 0.29) is 45.9 Å². The van der Waals surface area contributed by atoms with Gasteiger partial charge >= 0.3 is 6.18 Å². The first-order chi connectivity index (χ1) is 18.1. The van der Waals surface area contributed by atoms with E-state index in [0.717, 1.165) is 25.3 Å². The molecule has 2 aliphatic heterocycles. The number of likely N-dealkylation sites (tertiary alicyclic amines) is 2. The van der Waals surface area contributed by atoms with Gasteiger partial charge in [0.25, 0.3) is 5.91 Å². The highest BCUT2D eigenvalue weighted by Gasteiger charge is 2.46. The molecule has 0 radical (unpaired) electrons. The van der Waals surface area contributed by atoms with Crippen LogP contribution in [0.15, 0.2) is 12.3 Å². The Morgan fingerprint density at radius 3 is 2.41 bits per heavy atom. The lowest BCUT2D eigenvalue weighted by Gasteiger charge is -2.47. The average molecular weight is 585 g/mol. The first-order valence-corrected chi connectivity index (χ1v) is 16.9. The highest BCUT2D eigenvalue weighted by molar-refractivity contribution is 6.74. The number of nitrogens with zero attached hydrogens (tertiary/aromatic N) is 4. The molecule has 0 spiro atoms. The number of halogens is 4. The van der Waals surface area contributed by atoms with Crippen LogP contribution < -0.4 is 0 Å². The maximum atomic E-state index is 14.0. The molecule has 2 saturated heterocycles. The van der Waals surface area contributed by atoms with Crippen molar-refractivity contribution >= 4 is 37.4 Å². The molecule has 1 saturated carbocycles. The number of imidazole rings is 1. The van der Waals surface area contributed by atoms with E-state index in [2.05, 4.69) is 38.8 Å². The molecule has 2 aromatic rings. The van der Waals surface area contributed by atoms with Crippen LogP contribution >= 0.6 is 11.6 Å². The largest absolute Gasteiger partial charge is 0.419 e. The number of hydrogen-bond acceptors (Lipinski definition) is 4. The summed E-state index contributed by atoms with van der Waals surface area (Å²) in [5.74, 6) is -0.369. The van der Waals surface area contributed by atoms with E-state index in [0.29, 0.717) is 31.5 Å². The van der Waals surface area contributed by atoms with Crippen molar-refractivity contribution in [2.75, 3.05) is 19.6 Å². The number of carbonyl (C=O) groups excluding carboxylic acids is 2. The van der Waals surface area contributed by atoms with Crippen LogP contribution in [0.25, 0.3) is 5.65 Å². The maximum Gasteiger partial charge on any atom is 0.419 e. The smallest absolute Gasteiger partial charge is 0.410 e. The zero-order valence-corrected chi connectivity index (χ0v) is 24.8. The Kier molecular flexibility index (Phi) is 7.11. The number of fused-ring (bicyclic) bond motifs is 1. The maximum absolute atomic E-state index is 14.0. The van der Waals surface area contributed by atoms with Crippen LogP contribution in [0.4, 0.5) is 13.2 Å². The highest BCUT2D eigenvalue weighted by Crippen LogP contribution is 2.44. The summed E-state index contributed by atoms with van der Waals surface area (Å²) in [7, 11) is -2.27. The lowest BCUT2D eigenvalue weighted by atomic mass is 10.00. The van der Waals surface area contributed by atoms with Gasteiger partial charge in [-0.25, -0.2) is 4.98 Å². The van der Waals surface area contributed by atoms with Crippen molar-refractivity contribution in [2.24, 2.45) is 0 Å². The lowest BCUT2D eigenvalue weighted by molar-refractivity contribution is -0.136. The third-order valence-electron chi connectivity index (χ3n) is 8.81. The van der Waals surface area contributed by atoms with Crippen LogP contribution in [-0.2, 0) is 15.4 Å². The summed E-state index contributed by atoms with van der Waals surface area (Å²) in [5.41, 5.74) is -0.908. The molecule has 1 aliphatic carbocycles. The van der Waals surface area contributed by atoms with Gasteiger partial charge in [0.1, 0.15) is 5.15 Å². The van der Waals surface area contributed by atoms with Crippen LogP contribution in [0.2, 0.25) is 23.3 Å². The number of rotatable bonds is 5. The summed E-state index contributed by atoms with van der Waals surface area (Å²) in [6.45, 7) is 11.9. The Morgan fingerprint density at radius 1 is 1.15 bits per heavy atom. The molecule has 0 N–H and O–H groups in total. The standard InChI is InChI=1S/C27H36ClF3N4O3Si/c1-26(2,3)39(4,5)38-20-15-33(12-10-19(20)34-11-6-7-21(34)36)25(37)22-23(28)35-14-17(16-8-9-16)13-18(24(35)32-22)27(29,30)31/h13-14,16,19-20H,6-12,15H2,1-5H3. The lowest BCUT2D eigenvalue weighted by Crippen LogP contribution is -2.60. The Hall–Kier alpha value is -2.11. The molecule has 5 rings (SSSR count). The second-order valence-corrected chi connectivity index (χ2v) is 17.7. The molecule has 12 heteroatoms. The SMILES string of the molecule is CC(C)(C)[Si](C)(C)OC1CN(C(=O)c2nc3c(C(F)(F)F)cc(C4CC4)cn3c2Cl)CCC1N1CCCC1=O. The summed E-state index contributed by atoms with van der Waals surface area (Å²) in [6.07, 6.45) is -0.00251. The fourth-order valence-electron chi connectivity index (χ4n) is 5.41. The first-order valence-electron chi connectivity index (χ1n) is 13.6. The molecular formula is C27H36ClF3N4O3Si. The fourth-order valence-corrected chi connectivity index (χ4v) is 7.00. The van der Waals surface area contributed by atoms with Crippen molar-refractivity contribution in [1.82, 2.24) is 19.2 Å². The van der Waals surface area contributed by atoms with Gasteiger partial charge in [0.15, 0.2) is 19.7 Å². The van der Waals surface area contributed by atoms with Crippen LogP contribution in [0, 0.1) is 0 Å². The summed E-state index contributed by atoms with van der Waals surface area (Å²) in [5, 5.41) is -0.210. The number of pyridine rings is 1. The van der Waals surface area contributed by atoms with Crippen molar-refractivity contribution in [3.8, 4) is 0 Å². The van der Waals surface area contributed by atoms with Crippen LogP contribution in [0.1, 0.15) is 80.4 Å². The summed E-state index contributed by atoms with van der Waals surface area (Å²) in [4.78, 5) is 34.0. The monoisotopic (exact) mass is 584 g/mol. The van der Waals surface area contributed by atoms with Gasteiger partial charge in [-0.05, 0) is 61.4 Å². The van der Waals surface area contributed by atoms with E-state index >= 15 is 0 Å². The average Bonchev–Trinajstić information content (AvgIpc) is 3.52. The number of amides is 2. The Morgan fingerprint density at radius 2 is 1.85 bits per heavy atom. The molecular weight excluding hydrogens is 549 g/mol. The van der Waals surface area contributed by atoms with E-state index in [4.69, 9.17) is 16.0 Å². The molecule has 2 amide bonds. The predicted octanol–water partition coefficient (Wildman–Crippen LogP) is 6.11. The predicted molar refractivity (Wildman–Crippen MR) is 145 cm³/mol. The summed E-state index contributed by atoms with van der Waals surface area (Å²) in [6, 6.07) is 0.972. The molecule has 39 heavy (non-hydrogen) atoms. The van der Waals surface area contributed by atoms with Gasteiger partial charge in [0, 0.05) is 32.3 Å². The minimum absolute atomic E-state index is 0.0636. The molecule has 7 nitrogen and oxygen atoms in total. The van der Waals surface area contributed by atoms with Crippen molar-refractivity contribution in [3.63, 3.8) is 0 Å². The number of alkyl halides is 3. The van der Waals surface area contributed by atoms with E-state index in [1.54, 1.807) is 11.1 Å². The molecule has 4 heterocycles. The second-order valence-electron chi connectivity index (χ2n) is 12.6. The molecule has 0 aromatic carbocycles. The third kappa shape index (κ3) is 5.34. The number of carbonyl (C=O) groups is 2. The van der Waals surface area contributed by atoms with E-state index < -0.39 is 32.1 Å². The van der Waals surface area contributed by atoms with Gasteiger partial charge in [-0.1, -0.05) is 32.4 Å². The van der Waals surface area contributed by atoms with E-state index in [1.165, 1.54) is 4.40 Å². The second kappa shape index (κ2) is 9.76. The minimum Gasteiger partial charge on any atom is -0.410 e. The zero-order chi connectivity index (χ0) is 28.5. The van der Waals surface area contributed by atoms with E-state index in [9.17, 15) is 22.8 Å². The molecule has 2 unspecified atom stereocenters. The molecule has 2 aromatic heterocycles. The number of piperidine rings is 1. The topological polar surface area (TPSA) is 67.2 Å². The Balaban J connectivity index is 1.47. The third-order valence-corrected chi connectivity index (χ3v) is 13.7. The van der Waals surface area contributed by atoms with Crippen molar-refractivity contribution in [1.29, 1.82) is 0 Å². The Labute approximate surface area is 232 Å². The van der Waals surface area contributed by atoms with Gasteiger partial charge in [0.05, 0.1) is 17.7 Å². The van der Waals surface area contributed by atoms with Crippen molar-refractivity contribution in [2.45, 2.75) is 95.2 Å². The normalized spacial score (nSPS) is 23.3. The van der Waals surface area contributed by atoms with Crippen molar-refractivity contribution in [3.05, 3.63) is 34.2 Å². The minimum atomic E-state index is -4.64. The van der Waals surface area contributed by atoms with Gasteiger partial charge in [0.2, 0.25) is 5.91 Å². The van der Waals surface area contributed by atoms with Gasteiger partial charge in [-0.3, -0.25) is 14.0 Å². The number of hydrogen-bond donors (Lipinski definition) is 0. The van der Waals surface area contributed by atoms with Crippen LogP contribution in [0.5, 0.6) is 0 Å². The summed E-state index contributed by atoms with van der Waals surface area (Å²) < 4.78 is 49.9. The van der Waals surface area contributed by atoms with Crippen LogP contribution in [-0.4, -0.2) is 71.1 Å². The summed E-state index contributed by atoms with van der Waals surface area (Å²) >= 11 is 6.55.